The van der Waals surface area contributed by atoms with E-state index in [9.17, 15) is 13.6 Å². The van der Waals surface area contributed by atoms with Crippen LogP contribution in [0.1, 0.15) is 38.1 Å². The van der Waals surface area contributed by atoms with Crippen LogP contribution in [0, 0.1) is 11.6 Å². The first-order valence-electron chi connectivity index (χ1n) is 10.8. The maximum atomic E-state index is 13.6. The van der Waals surface area contributed by atoms with Crippen LogP contribution in [0.25, 0.3) is 5.69 Å². The minimum atomic E-state index is -0.549. The van der Waals surface area contributed by atoms with Crippen LogP contribution in [0.2, 0.25) is 5.02 Å². The van der Waals surface area contributed by atoms with Gasteiger partial charge in [0.05, 0.1) is 16.8 Å². The average molecular weight is 492 g/mol. The van der Waals surface area contributed by atoms with Crippen molar-refractivity contribution in [2.45, 2.75) is 37.4 Å². The van der Waals surface area contributed by atoms with Crippen LogP contribution >= 0.6 is 23.4 Å². The van der Waals surface area contributed by atoms with Gasteiger partial charge in [0.25, 0.3) is 0 Å². The number of likely N-dealkylation sites (tertiary alicyclic amines) is 1. The molecule has 3 aromatic rings. The molecule has 2 aromatic carbocycles. The number of nitrogens with zero attached hydrogens (tertiary/aromatic N) is 4. The summed E-state index contributed by atoms with van der Waals surface area (Å²) < 4.78 is 28.8. The van der Waals surface area contributed by atoms with E-state index in [4.69, 9.17) is 11.6 Å². The van der Waals surface area contributed by atoms with Gasteiger partial charge in [-0.3, -0.25) is 14.3 Å². The maximum Gasteiger partial charge on any atom is 0.234 e. The summed E-state index contributed by atoms with van der Waals surface area (Å²) >= 11 is 7.01. The minimum absolute atomic E-state index is 0.0207. The molecule has 0 radical (unpaired) electrons. The van der Waals surface area contributed by atoms with Gasteiger partial charge in [-0.05, 0) is 75.3 Å². The quantitative estimate of drug-likeness (QED) is 0.443. The third-order valence-electron chi connectivity index (χ3n) is 5.59. The number of amides is 1. The Hall–Kier alpha value is -2.49. The van der Waals surface area contributed by atoms with Gasteiger partial charge < -0.3 is 5.32 Å². The van der Waals surface area contributed by atoms with E-state index >= 15 is 0 Å². The number of carbonyl (C=O) groups is 1. The summed E-state index contributed by atoms with van der Waals surface area (Å²) in [4.78, 5) is 14.8. The molecule has 6 nitrogen and oxygen atoms in total. The number of aromatic nitrogens is 3. The van der Waals surface area contributed by atoms with Crippen LogP contribution in [-0.4, -0.2) is 44.4 Å². The number of benzene rings is 2. The van der Waals surface area contributed by atoms with E-state index in [0.717, 1.165) is 37.4 Å². The van der Waals surface area contributed by atoms with Gasteiger partial charge in [0.1, 0.15) is 11.6 Å². The number of nitrogens with one attached hydrogen (secondary N) is 1. The Morgan fingerprint density at radius 1 is 1.12 bits per heavy atom. The van der Waals surface area contributed by atoms with Crippen molar-refractivity contribution in [1.82, 2.24) is 19.7 Å². The van der Waals surface area contributed by atoms with Crippen molar-refractivity contribution in [2.24, 2.45) is 0 Å². The topological polar surface area (TPSA) is 63.1 Å². The first kappa shape index (κ1) is 23.7. The largest absolute Gasteiger partial charge is 0.325 e. The fourth-order valence-electron chi connectivity index (χ4n) is 3.85. The molecule has 1 amide bonds. The summed E-state index contributed by atoms with van der Waals surface area (Å²) in [5.41, 5.74) is 1.14. The Labute approximate surface area is 200 Å². The van der Waals surface area contributed by atoms with Gasteiger partial charge in [0.15, 0.2) is 11.0 Å². The first-order chi connectivity index (χ1) is 15.9. The van der Waals surface area contributed by atoms with Crippen LogP contribution in [0.4, 0.5) is 14.5 Å². The van der Waals surface area contributed by atoms with Gasteiger partial charge in [-0.2, -0.15) is 0 Å². The fourth-order valence-corrected chi connectivity index (χ4v) is 4.79. The molecule has 33 heavy (non-hydrogen) atoms. The number of halogens is 3. The molecule has 1 aliphatic rings. The molecule has 0 bridgehead atoms. The van der Waals surface area contributed by atoms with Crippen molar-refractivity contribution in [2.75, 3.05) is 24.2 Å². The van der Waals surface area contributed by atoms with Crippen LogP contribution in [0.5, 0.6) is 0 Å². The molecule has 0 aliphatic carbocycles. The third kappa shape index (κ3) is 5.72. The zero-order valence-corrected chi connectivity index (χ0v) is 19.7. The normalized spacial score (nSPS) is 15.4. The summed E-state index contributed by atoms with van der Waals surface area (Å²) in [7, 11) is 0. The molecule has 0 spiro atoms. The summed E-state index contributed by atoms with van der Waals surface area (Å²) in [5.74, 6) is -0.360. The Morgan fingerprint density at radius 3 is 2.55 bits per heavy atom. The van der Waals surface area contributed by atoms with Crippen LogP contribution in [0.3, 0.4) is 0 Å². The Balaban J connectivity index is 1.54. The minimum Gasteiger partial charge on any atom is -0.325 e. The highest BCUT2D eigenvalue weighted by Gasteiger charge is 2.26. The lowest BCUT2D eigenvalue weighted by Crippen LogP contribution is -2.33. The van der Waals surface area contributed by atoms with Gasteiger partial charge in [-0.15, -0.1) is 10.2 Å². The van der Waals surface area contributed by atoms with E-state index in [-0.39, 0.29) is 28.5 Å². The van der Waals surface area contributed by atoms with E-state index in [2.05, 4.69) is 27.3 Å². The highest BCUT2D eigenvalue weighted by molar-refractivity contribution is 7.99. The lowest BCUT2D eigenvalue weighted by molar-refractivity contribution is -0.113. The lowest BCUT2D eigenvalue weighted by atomic mass is 10.1. The maximum absolute atomic E-state index is 13.6. The number of hydrogen-bond donors (Lipinski definition) is 1. The molecule has 1 aliphatic heterocycles. The predicted octanol–water partition coefficient (Wildman–Crippen LogP) is 5.48. The van der Waals surface area contributed by atoms with Crippen LogP contribution in [0.15, 0.2) is 47.6 Å². The molecule has 174 valence electrons. The summed E-state index contributed by atoms with van der Waals surface area (Å²) in [5, 5.41) is 12.0. The van der Waals surface area contributed by atoms with Crippen LogP contribution < -0.4 is 5.32 Å². The molecule has 1 unspecified atom stereocenters. The molecule has 1 saturated heterocycles. The van der Waals surface area contributed by atoms with E-state index in [0.29, 0.717) is 10.8 Å². The van der Waals surface area contributed by atoms with Crippen molar-refractivity contribution in [1.29, 1.82) is 0 Å². The lowest BCUT2D eigenvalue weighted by Gasteiger charge is -2.31. The molecular formula is C23H24ClF2N5OS. The van der Waals surface area contributed by atoms with E-state index in [1.54, 1.807) is 12.1 Å². The van der Waals surface area contributed by atoms with Gasteiger partial charge in [0, 0.05) is 11.4 Å². The average Bonchev–Trinajstić information content (AvgIpc) is 3.24. The summed E-state index contributed by atoms with van der Waals surface area (Å²) in [6, 6.07) is 10.2. The Morgan fingerprint density at radius 2 is 1.85 bits per heavy atom. The molecule has 1 aromatic heterocycles. The number of rotatable bonds is 7. The van der Waals surface area contributed by atoms with Crippen LogP contribution in [-0.2, 0) is 4.79 Å². The van der Waals surface area contributed by atoms with Gasteiger partial charge >= 0.3 is 0 Å². The monoisotopic (exact) mass is 491 g/mol. The number of piperidine rings is 1. The SMILES string of the molecule is CC(c1nnc(SCC(=O)Nc2ccc(F)c(Cl)c2)n1-c1ccc(F)cc1)N1CCCCC1. The summed E-state index contributed by atoms with van der Waals surface area (Å²) in [6.45, 7) is 4.07. The molecular weight excluding hydrogens is 468 g/mol. The van der Waals surface area contributed by atoms with Gasteiger partial charge in [0.2, 0.25) is 5.91 Å². The zero-order valence-electron chi connectivity index (χ0n) is 18.1. The highest BCUT2D eigenvalue weighted by Crippen LogP contribution is 2.29. The fraction of sp³-hybridized carbons (Fsp3) is 0.348. The molecule has 1 atom stereocenters. The zero-order chi connectivity index (χ0) is 23.4. The molecule has 1 fully saturated rings. The standard InChI is InChI=1S/C23H24ClF2N5OS/c1-15(30-11-3-2-4-12-30)22-28-29-23(31(22)18-8-5-16(25)6-9-18)33-14-21(32)27-17-7-10-20(26)19(24)13-17/h5-10,13,15H,2-4,11-12,14H2,1H3,(H,27,32). The molecule has 2 heterocycles. The van der Waals surface area contributed by atoms with Gasteiger partial charge in [-0.25, -0.2) is 8.78 Å². The van der Waals surface area contributed by atoms with Gasteiger partial charge in [-0.1, -0.05) is 29.8 Å². The first-order valence-corrected chi connectivity index (χ1v) is 12.1. The number of hydrogen-bond acceptors (Lipinski definition) is 5. The summed E-state index contributed by atoms with van der Waals surface area (Å²) in [6.07, 6.45) is 3.51. The van der Waals surface area contributed by atoms with Crippen molar-refractivity contribution in [3.8, 4) is 5.69 Å². The Bertz CT molecular complexity index is 1120. The van der Waals surface area contributed by atoms with E-state index < -0.39 is 5.82 Å². The van der Waals surface area contributed by atoms with Crippen molar-refractivity contribution in [3.63, 3.8) is 0 Å². The Kier molecular flexibility index (Phi) is 7.62. The third-order valence-corrected chi connectivity index (χ3v) is 6.81. The molecule has 0 saturated carbocycles. The number of thioether (sulfide) groups is 1. The van der Waals surface area contributed by atoms with E-state index in [1.165, 1.54) is 48.5 Å². The predicted molar refractivity (Wildman–Crippen MR) is 126 cm³/mol. The van der Waals surface area contributed by atoms with E-state index in [1.807, 2.05) is 4.57 Å². The second-order valence-electron chi connectivity index (χ2n) is 7.89. The second-order valence-corrected chi connectivity index (χ2v) is 9.24. The smallest absolute Gasteiger partial charge is 0.234 e. The number of carbonyl (C=O) groups excluding carboxylic acids is 1. The second kappa shape index (κ2) is 10.6. The molecule has 1 N–H and O–H groups in total. The number of anilines is 1. The van der Waals surface area contributed by atoms with Crippen molar-refractivity contribution in [3.05, 3.63) is 64.9 Å². The molecule has 4 rings (SSSR count). The van der Waals surface area contributed by atoms with Crippen molar-refractivity contribution < 1.29 is 13.6 Å². The molecule has 10 heteroatoms. The highest BCUT2D eigenvalue weighted by atomic mass is 35.5. The van der Waals surface area contributed by atoms with Crippen molar-refractivity contribution >= 4 is 35.0 Å².